The maximum atomic E-state index is 12.5. The first-order valence-electron chi connectivity index (χ1n) is 7.17. The van der Waals surface area contributed by atoms with E-state index >= 15 is 0 Å². The van der Waals surface area contributed by atoms with E-state index in [9.17, 15) is 9.59 Å². The molecular formula is C16H17N3O3S. The Balaban J connectivity index is 1.83. The molecule has 1 aliphatic rings. The summed E-state index contributed by atoms with van der Waals surface area (Å²) in [4.78, 5) is 28.3. The summed E-state index contributed by atoms with van der Waals surface area (Å²) in [5.74, 6) is -0.158. The van der Waals surface area contributed by atoms with E-state index in [-0.39, 0.29) is 23.8 Å². The van der Waals surface area contributed by atoms with Gasteiger partial charge in [0.2, 0.25) is 0 Å². The number of thiazole rings is 1. The van der Waals surface area contributed by atoms with E-state index in [4.69, 9.17) is 4.74 Å². The molecule has 2 aromatic rings. The van der Waals surface area contributed by atoms with E-state index in [0.717, 1.165) is 5.69 Å². The molecule has 6 nitrogen and oxygen atoms in total. The van der Waals surface area contributed by atoms with Crippen molar-refractivity contribution in [3.8, 4) is 5.75 Å². The van der Waals surface area contributed by atoms with Crippen LogP contribution in [0.2, 0.25) is 0 Å². The van der Waals surface area contributed by atoms with Crippen molar-refractivity contribution in [3.05, 3.63) is 34.8 Å². The monoisotopic (exact) mass is 331 g/mol. The number of amides is 2. The summed E-state index contributed by atoms with van der Waals surface area (Å²) < 4.78 is 5.40. The van der Waals surface area contributed by atoms with E-state index in [1.807, 2.05) is 5.38 Å². The molecule has 23 heavy (non-hydrogen) atoms. The molecule has 0 atom stereocenters. The molecular weight excluding hydrogens is 314 g/mol. The molecule has 1 aromatic heterocycles. The molecule has 1 aromatic carbocycles. The third kappa shape index (κ3) is 3.19. The summed E-state index contributed by atoms with van der Waals surface area (Å²) in [6.07, 6.45) is 0. The fourth-order valence-electron chi connectivity index (χ4n) is 2.13. The highest BCUT2D eigenvalue weighted by Crippen LogP contribution is 2.32. The van der Waals surface area contributed by atoms with Crippen LogP contribution in [-0.2, 0) is 10.2 Å². The number of hydrogen-bond donors (Lipinski definition) is 2. The lowest BCUT2D eigenvalue weighted by molar-refractivity contribution is -0.118. The smallest absolute Gasteiger partial charge is 0.262 e. The van der Waals surface area contributed by atoms with Crippen LogP contribution in [0.1, 0.15) is 36.8 Å². The maximum absolute atomic E-state index is 12.5. The minimum absolute atomic E-state index is 0.0707. The van der Waals surface area contributed by atoms with Crippen LogP contribution in [0.3, 0.4) is 0 Å². The molecule has 0 bridgehead atoms. The van der Waals surface area contributed by atoms with Crippen molar-refractivity contribution >= 4 is 34.0 Å². The Kier molecular flexibility index (Phi) is 3.81. The summed E-state index contributed by atoms with van der Waals surface area (Å²) in [5, 5.41) is 7.95. The minimum Gasteiger partial charge on any atom is -0.481 e. The molecule has 0 radical (unpaired) electrons. The number of nitrogens with one attached hydrogen (secondary N) is 2. The second-order valence-electron chi connectivity index (χ2n) is 6.26. The Morgan fingerprint density at radius 2 is 2.17 bits per heavy atom. The summed E-state index contributed by atoms with van der Waals surface area (Å²) in [6, 6.07) is 5.05. The number of ether oxygens (including phenoxy) is 1. The quantitative estimate of drug-likeness (QED) is 0.886. The molecule has 0 unspecified atom stereocenters. The number of anilines is 2. The topological polar surface area (TPSA) is 80.3 Å². The van der Waals surface area contributed by atoms with Crippen LogP contribution >= 0.6 is 11.3 Å². The Hall–Kier alpha value is -2.41. The van der Waals surface area contributed by atoms with Crippen molar-refractivity contribution in [3.63, 3.8) is 0 Å². The molecule has 2 N–H and O–H groups in total. The van der Waals surface area contributed by atoms with Crippen molar-refractivity contribution < 1.29 is 14.3 Å². The second-order valence-corrected chi connectivity index (χ2v) is 7.12. The van der Waals surface area contributed by atoms with Gasteiger partial charge in [-0.15, -0.1) is 11.3 Å². The number of fused-ring (bicyclic) bond motifs is 1. The fourth-order valence-corrected chi connectivity index (χ4v) is 3.07. The zero-order valence-electron chi connectivity index (χ0n) is 13.1. The van der Waals surface area contributed by atoms with Crippen LogP contribution in [0.25, 0.3) is 0 Å². The number of rotatable bonds is 2. The lowest BCUT2D eigenvalue weighted by Gasteiger charge is -2.20. The maximum Gasteiger partial charge on any atom is 0.262 e. The number of aromatic nitrogens is 1. The van der Waals surface area contributed by atoms with Crippen LogP contribution in [0, 0.1) is 0 Å². The van der Waals surface area contributed by atoms with Gasteiger partial charge in [-0.05, 0) is 12.1 Å². The normalized spacial score (nSPS) is 13.8. The average Bonchev–Trinajstić information content (AvgIpc) is 2.94. The van der Waals surface area contributed by atoms with Crippen molar-refractivity contribution in [2.24, 2.45) is 0 Å². The van der Waals surface area contributed by atoms with Gasteiger partial charge < -0.3 is 10.1 Å². The first kappa shape index (κ1) is 15.5. The van der Waals surface area contributed by atoms with Gasteiger partial charge in [0.1, 0.15) is 0 Å². The molecule has 3 rings (SSSR count). The third-order valence-corrected chi connectivity index (χ3v) is 4.13. The number of nitrogens with zero attached hydrogens (tertiary/aromatic N) is 1. The van der Waals surface area contributed by atoms with Gasteiger partial charge in [0.05, 0.1) is 16.9 Å². The average molecular weight is 331 g/mol. The first-order chi connectivity index (χ1) is 10.8. The van der Waals surface area contributed by atoms with E-state index in [1.165, 1.54) is 11.3 Å². The third-order valence-electron chi connectivity index (χ3n) is 3.37. The van der Waals surface area contributed by atoms with Crippen molar-refractivity contribution in [2.75, 3.05) is 17.2 Å². The standard InChI is InChI=1S/C16H17N3O3S/c1-16(2,3)11-8-23-15(18-11)19-14(21)9-5-4-6-10-13(9)22-7-12(20)17-10/h4-6,8H,7H2,1-3H3,(H,17,20)(H,18,19,21). The van der Waals surface area contributed by atoms with Gasteiger partial charge in [-0.25, -0.2) is 4.98 Å². The molecule has 7 heteroatoms. The zero-order valence-corrected chi connectivity index (χ0v) is 13.9. The number of carbonyl (C=O) groups excluding carboxylic acids is 2. The summed E-state index contributed by atoms with van der Waals surface area (Å²) in [7, 11) is 0. The predicted octanol–water partition coefficient (Wildman–Crippen LogP) is 3.02. The van der Waals surface area contributed by atoms with Crippen LogP contribution < -0.4 is 15.4 Å². The van der Waals surface area contributed by atoms with Gasteiger partial charge in [0.25, 0.3) is 11.8 Å². The molecule has 2 amide bonds. The van der Waals surface area contributed by atoms with Gasteiger partial charge in [-0.2, -0.15) is 0 Å². The first-order valence-corrected chi connectivity index (χ1v) is 8.05. The van der Waals surface area contributed by atoms with Gasteiger partial charge in [-0.3, -0.25) is 14.9 Å². The van der Waals surface area contributed by atoms with Crippen molar-refractivity contribution in [1.29, 1.82) is 0 Å². The molecule has 0 spiro atoms. The molecule has 0 fully saturated rings. The van der Waals surface area contributed by atoms with E-state index < -0.39 is 0 Å². The molecule has 120 valence electrons. The number of carbonyl (C=O) groups is 2. The Labute approximate surface area is 137 Å². The van der Waals surface area contributed by atoms with Gasteiger partial charge in [-0.1, -0.05) is 26.8 Å². The highest BCUT2D eigenvalue weighted by Gasteiger charge is 2.23. The SMILES string of the molecule is CC(C)(C)c1csc(NC(=O)c2cccc3c2OCC(=O)N3)n1. The van der Waals surface area contributed by atoms with Gasteiger partial charge in [0, 0.05) is 10.8 Å². The van der Waals surface area contributed by atoms with E-state index in [0.29, 0.717) is 22.1 Å². The summed E-state index contributed by atoms with van der Waals surface area (Å²) in [5.41, 5.74) is 1.73. The lowest BCUT2D eigenvalue weighted by Crippen LogP contribution is -2.27. The Bertz CT molecular complexity index is 777. The molecule has 1 aliphatic heterocycles. The van der Waals surface area contributed by atoms with Crippen LogP contribution in [0.4, 0.5) is 10.8 Å². The highest BCUT2D eigenvalue weighted by atomic mass is 32.1. The van der Waals surface area contributed by atoms with Crippen LogP contribution in [0.15, 0.2) is 23.6 Å². The number of para-hydroxylation sites is 1. The molecule has 2 heterocycles. The van der Waals surface area contributed by atoms with E-state index in [2.05, 4.69) is 36.4 Å². The summed E-state index contributed by atoms with van der Waals surface area (Å²) in [6.45, 7) is 6.11. The Morgan fingerprint density at radius 1 is 1.39 bits per heavy atom. The largest absolute Gasteiger partial charge is 0.481 e. The van der Waals surface area contributed by atoms with Crippen molar-refractivity contribution in [1.82, 2.24) is 4.98 Å². The molecule has 0 aliphatic carbocycles. The number of benzene rings is 1. The second kappa shape index (κ2) is 5.66. The fraction of sp³-hybridized carbons (Fsp3) is 0.312. The minimum atomic E-state index is -0.312. The van der Waals surface area contributed by atoms with Crippen LogP contribution in [-0.4, -0.2) is 23.4 Å². The predicted molar refractivity (Wildman–Crippen MR) is 89.3 cm³/mol. The van der Waals surface area contributed by atoms with E-state index in [1.54, 1.807) is 18.2 Å². The summed E-state index contributed by atoms with van der Waals surface area (Å²) >= 11 is 1.38. The Morgan fingerprint density at radius 3 is 2.87 bits per heavy atom. The lowest BCUT2D eigenvalue weighted by atomic mass is 9.93. The number of hydrogen-bond acceptors (Lipinski definition) is 5. The molecule has 0 saturated heterocycles. The van der Waals surface area contributed by atoms with Gasteiger partial charge >= 0.3 is 0 Å². The molecule has 0 saturated carbocycles. The zero-order chi connectivity index (χ0) is 16.6. The van der Waals surface area contributed by atoms with Crippen molar-refractivity contribution in [2.45, 2.75) is 26.2 Å². The van der Waals surface area contributed by atoms with Gasteiger partial charge in [0.15, 0.2) is 17.5 Å². The van der Waals surface area contributed by atoms with Crippen LogP contribution in [0.5, 0.6) is 5.75 Å². The highest BCUT2D eigenvalue weighted by molar-refractivity contribution is 7.14.